The van der Waals surface area contributed by atoms with Gasteiger partial charge in [0.15, 0.2) is 0 Å². The number of carbonyl (C=O) groups is 1. The predicted molar refractivity (Wildman–Crippen MR) is 41.1 cm³/mol. The molecule has 0 aliphatic carbocycles. The molecule has 0 rings (SSSR count). The predicted octanol–water partition coefficient (Wildman–Crippen LogP) is -0.102. The molecule has 0 aromatic heterocycles. The molecule has 0 fully saturated rings. The van der Waals surface area contributed by atoms with Gasteiger partial charge in [0.1, 0.15) is 0 Å². The molecule has 0 bridgehead atoms. The average Bonchev–Trinajstić information content (AvgIpc) is 1.97. The van der Waals surface area contributed by atoms with Gasteiger partial charge in [-0.05, 0) is 6.92 Å². The summed E-state index contributed by atoms with van der Waals surface area (Å²) in [6.07, 6.45) is -2.39. The number of nitrogens with two attached hydrogens (primary N) is 1. The molecular weight excluding hydrogens is 168 g/mol. The lowest BCUT2D eigenvalue weighted by Crippen LogP contribution is -2.40. The Labute approximate surface area is 69.5 Å². The number of primary amides is 1. The number of alkyl halides is 2. The van der Waals surface area contributed by atoms with Crippen molar-refractivity contribution in [3.63, 3.8) is 0 Å². The summed E-state index contributed by atoms with van der Waals surface area (Å²) in [5.74, 6) is 0. The zero-order valence-electron chi connectivity index (χ0n) is 6.81. The lowest BCUT2D eigenvalue weighted by Gasteiger charge is -2.11. The number of hydrogen-bond donors (Lipinski definition) is 3. The van der Waals surface area contributed by atoms with Crippen LogP contribution in [-0.4, -0.2) is 31.6 Å². The van der Waals surface area contributed by atoms with E-state index >= 15 is 0 Å². The minimum atomic E-state index is -2.39. The van der Waals surface area contributed by atoms with Crippen LogP contribution in [0.5, 0.6) is 0 Å². The largest absolute Gasteiger partial charge is 0.352 e. The fourth-order valence-corrected chi connectivity index (χ4v) is 0.575. The Bertz CT molecular complexity index is 143. The number of amides is 2. The third-order valence-corrected chi connectivity index (χ3v) is 1.27. The van der Waals surface area contributed by atoms with E-state index in [0.29, 0.717) is 0 Å². The van der Waals surface area contributed by atoms with Crippen molar-refractivity contribution in [3.05, 3.63) is 0 Å². The van der Waals surface area contributed by atoms with Crippen molar-refractivity contribution in [2.24, 2.45) is 5.73 Å². The fourth-order valence-electron chi connectivity index (χ4n) is 0.575. The first-order chi connectivity index (χ1) is 5.54. The molecular formula is C6H13F2N3O. The Kier molecular flexibility index (Phi) is 5.27. The van der Waals surface area contributed by atoms with E-state index in [1.165, 1.54) is 6.92 Å². The monoisotopic (exact) mass is 181 g/mol. The van der Waals surface area contributed by atoms with Gasteiger partial charge in [-0.15, -0.1) is 0 Å². The topological polar surface area (TPSA) is 67.2 Å². The molecule has 0 heterocycles. The number of rotatable bonds is 5. The average molecular weight is 181 g/mol. The molecule has 2 amide bonds. The van der Waals surface area contributed by atoms with Crippen molar-refractivity contribution in [1.29, 1.82) is 0 Å². The number of halogens is 2. The summed E-state index contributed by atoms with van der Waals surface area (Å²) in [5.41, 5.74) is 4.74. The molecule has 1 unspecified atom stereocenters. The SMILES string of the molecule is CC(NCCNC(N)=O)C(F)F. The number of urea groups is 1. The number of hydrogen-bond acceptors (Lipinski definition) is 2. The highest BCUT2D eigenvalue weighted by atomic mass is 19.3. The van der Waals surface area contributed by atoms with Gasteiger partial charge in [-0.1, -0.05) is 0 Å². The molecule has 4 nitrogen and oxygen atoms in total. The lowest BCUT2D eigenvalue weighted by atomic mass is 10.3. The molecule has 0 aliphatic heterocycles. The van der Waals surface area contributed by atoms with Crippen LogP contribution in [0.4, 0.5) is 13.6 Å². The Morgan fingerprint density at radius 1 is 1.50 bits per heavy atom. The maximum Gasteiger partial charge on any atom is 0.312 e. The van der Waals surface area contributed by atoms with Gasteiger partial charge in [0.2, 0.25) is 0 Å². The Morgan fingerprint density at radius 2 is 2.08 bits per heavy atom. The lowest BCUT2D eigenvalue weighted by molar-refractivity contribution is 0.106. The Morgan fingerprint density at radius 3 is 2.50 bits per heavy atom. The van der Waals surface area contributed by atoms with Crippen molar-refractivity contribution in [3.8, 4) is 0 Å². The second-order valence-electron chi connectivity index (χ2n) is 2.37. The van der Waals surface area contributed by atoms with E-state index in [2.05, 4.69) is 10.6 Å². The third kappa shape index (κ3) is 5.84. The van der Waals surface area contributed by atoms with E-state index in [1.807, 2.05) is 0 Å². The smallest absolute Gasteiger partial charge is 0.312 e. The maximum absolute atomic E-state index is 11.8. The summed E-state index contributed by atoms with van der Waals surface area (Å²) in [4.78, 5) is 10.1. The molecule has 4 N–H and O–H groups in total. The van der Waals surface area contributed by atoms with Crippen molar-refractivity contribution in [1.82, 2.24) is 10.6 Å². The van der Waals surface area contributed by atoms with Crippen LogP contribution in [0.25, 0.3) is 0 Å². The van der Waals surface area contributed by atoms with Crippen LogP contribution in [0, 0.1) is 0 Å². The summed E-state index contributed by atoms with van der Waals surface area (Å²) < 4.78 is 23.7. The molecule has 0 aromatic carbocycles. The van der Waals surface area contributed by atoms with Crippen LogP contribution in [0.15, 0.2) is 0 Å². The number of nitrogens with one attached hydrogen (secondary N) is 2. The molecule has 0 spiro atoms. The van der Waals surface area contributed by atoms with E-state index in [-0.39, 0.29) is 13.1 Å². The molecule has 0 saturated carbocycles. The maximum atomic E-state index is 11.8. The van der Waals surface area contributed by atoms with E-state index < -0.39 is 18.5 Å². The fraction of sp³-hybridized carbons (Fsp3) is 0.833. The summed E-state index contributed by atoms with van der Waals surface area (Å²) in [6.45, 7) is 1.91. The highest BCUT2D eigenvalue weighted by Crippen LogP contribution is 1.97. The van der Waals surface area contributed by atoms with Gasteiger partial charge in [-0.3, -0.25) is 0 Å². The van der Waals surface area contributed by atoms with E-state index in [9.17, 15) is 13.6 Å². The first kappa shape index (κ1) is 11.1. The van der Waals surface area contributed by atoms with Crippen molar-refractivity contribution in [2.45, 2.75) is 19.4 Å². The summed E-state index contributed by atoms with van der Waals surface area (Å²) >= 11 is 0. The van der Waals surface area contributed by atoms with Crippen LogP contribution >= 0.6 is 0 Å². The van der Waals surface area contributed by atoms with E-state index in [0.717, 1.165) is 0 Å². The van der Waals surface area contributed by atoms with Gasteiger partial charge in [0.25, 0.3) is 6.43 Å². The molecule has 12 heavy (non-hydrogen) atoms. The normalized spacial score (nSPS) is 13.0. The van der Waals surface area contributed by atoms with Gasteiger partial charge in [0, 0.05) is 13.1 Å². The minimum absolute atomic E-state index is 0.256. The second-order valence-corrected chi connectivity index (χ2v) is 2.37. The summed E-state index contributed by atoms with van der Waals surface area (Å²) in [6, 6.07) is -1.51. The molecule has 72 valence electrons. The minimum Gasteiger partial charge on any atom is -0.352 e. The first-order valence-corrected chi connectivity index (χ1v) is 3.59. The van der Waals surface area contributed by atoms with Crippen LogP contribution < -0.4 is 16.4 Å². The van der Waals surface area contributed by atoms with Crippen LogP contribution in [0.1, 0.15) is 6.92 Å². The molecule has 0 saturated heterocycles. The van der Waals surface area contributed by atoms with Gasteiger partial charge < -0.3 is 16.4 Å². The zero-order chi connectivity index (χ0) is 9.56. The first-order valence-electron chi connectivity index (χ1n) is 3.59. The van der Waals surface area contributed by atoms with Gasteiger partial charge in [0.05, 0.1) is 6.04 Å². The summed E-state index contributed by atoms with van der Waals surface area (Å²) in [7, 11) is 0. The van der Waals surface area contributed by atoms with E-state index in [4.69, 9.17) is 5.73 Å². The van der Waals surface area contributed by atoms with Crippen molar-refractivity contribution < 1.29 is 13.6 Å². The quantitative estimate of drug-likeness (QED) is 0.518. The second kappa shape index (κ2) is 5.70. The number of carbonyl (C=O) groups excluding carboxylic acids is 1. The van der Waals surface area contributed by atoms with Crippen molar-refractivity contribution >= 4 is 6.03 Å². The Balaban J connectivity index is 3.25. The van der Waals surface area contributed by atoms with Crippen LogP contribution in [0.3, 0.4) is 0 Å². The molecule has 0 radical (unpaired) electrons. The van der Waals surface area contributed by atoms with Crippen LogP contribution in [0.2, 0.25) is 0 Å². The standard InChI is InChI=1S/C6H13F2N3O/c1-4(5(7)8)10-2-3-11-6(9)12/h4-5,10H,2-3H2,1H3,(H3,9,11,12). The molecule has 0 aromatic rings. The molecule has 1 atom stereocenters. The highest BCUT2D eigenvalue weighted by molar-refractivity contribution is 5.71. The third-order valence-electron chi connectivity index (χ3n) is 1.27. The van der Waals surface area contributed by atoms with Gasteiger partial charge >= 0.3 is 6.03 Å². The van der Waals surface area contributed by atoms with Gasteiger partial charge in [-0.25, -0.2) is 13.6 Å². The zero-order valence-corrected chi connectivity index (χ0v) is 6.81. The Hall–Kier alpha value is -0.910. The molecule has 6 heteroatoms. The van der Waals surface area contributed by atoms with E-state index in [1.54, 1.807) is 0 Å². The van der Waals surface area contributed by atoms with Gasteiger partial charge in [-0.2, -0.15) is 0 Å². The van der Waals surface area contributed by atoms with Crippen molar-refractivity contribution in [2.75, 3.05) is 13.1 Å². The van der Waals surface area contributed by atoms with Crippen LogP contribution in [-0.2, 0) is 0 Å². The highest BCUT2D eigenvalue weighted by Gasteiger charge is 2.12. The summed E-state index contributed by atoms with van der Waals surface area (Å²) in [5, 5.41) is 4.79. The molecule has 0 aliphatic rings.